The second-order valence-electron chi connectivity index (χ2n) is 6.73. The topological polar surface area (TPSA) is 73.2 Å². The SMILES string of the molecule is COC(=O)C(NC(=O)C1CC1c1cnn(C)c1)C(C)(C)C. The van der Waals surface area contributed by atoms with Gasteiger partial charge in [0.1, 0.15) is 6.04 Å². The number of carbonyl (C=O) groups excluding carboxylic acids is 2. The Morgan fingerprint density at radius 1 is 1.48 bits per heavy atom. The molecule has 0 bridgehead atoms. The molecule has 3 atom stereocenters. The maximum atomic E-state index is 12.3. The Hall–Kier alpha value is -1.85. The first-order valence-corrected chi connectivity index (χ1v) is 7.10. The largest absolute Gasteiger partial charge is 0.467 e. The molecule has 1 fully saturated rings. The second-order valence-corrected chi connectivity index (χ2v) is 6.73. The van der Waals surface area contributed by atoms with Crippen molar-refractivity contribution in [1.29, 1.82) is 0 Å². The molecule has 6 nitrogen and oxygen atoms in total. The summed E-state index contributed by atoms with van der Waals surface area (Å²) in [7, 11) is 3.19. The fourth-order valence-electron chi connectivity index (χ4n) is 2.48. The Bertz CT molecular complexity index is 545. The number of ether oxygens (including phenoxy) is 1. The summed E-state index contributed by atoms with van der Waals surface area (Å²) in [5.41, 5.74) is 0.685. The Morgan fingerprint density at radius 3 is 2.62 bits per heavy atom. The van der Waals surface area contributed by atoms with Gasteiger partial charge in [-0.2, -0.15) is 5.10 Å². The monoisotopic (exact) mass is 293 g/mol. The number of rotatable bonds is 4. The number of esters is 1. The summed E-state index contributed by atoms with van der Waals surface area (Å²) in [6, 6.07) is -0.634. The molecule has 0 radical (unpaired) electrons. The molecule has 2 rings (SSSR count). The molecule has 1 heterocycles. The summed E-state index contributed by atoms with van der Waals surface area (Å²) in [6.07, 6.45) is 4.52. The minimum atomic E-state index is -0.634. The van der Waals surface area contributed by atoms with Crippen molar-refractivity contribution in [1.82, 2.24) is 15.1 Å². The Labute approximate surface area is 124 Å². The van der Waals surface area contributed by atoms with Crippen LogP contribution in [0.25, 0.3) is 0 Å². The minimum Gasteiger partial charge on any atom is -0.467 e. The van der Waals surface area contributed by atoms with E-state index in [1.807, 2.05) is 34.0 Å². The summed E-state index contributed by atoms with van der Waals surface area (Å²) in [5, 5.41) is 6.96. The van der Waals surface area contributed by atoms with Gasteiger partial charge in [-0.05, 0) is 23.3 Å². The molecule has 1 aromatic heterocycles. The lowest BCUT2D eigenvalue weighted by Gasteiger charge is -2.29. The first-order valence-electron chi connectivity index (χ1n) is 7.10. The molecule has 0 spiro atoms. The molecule has 1 aliphatic carbocycles. The van der Waals surface area contributed by atoms with Gasteiger partial charge < -0.3 is 10.1 Å². The van der Waals surface area contributed by atoms with Crippen LogP contribution in [0.4, 0.5) is 0 Å². The van der Waals surface area contributed by atoms with Crippen LogP contribution >= 0.6 is 0 Å². The van der Waals surface area contributed by atoms with Gasteiger partial charge in [0.25, 0.3) is 0 Å². The molecule has 0 aromatic carbocycles. The third-order valence-corrected chi connectivity index (χ3v) is 3.87. The predicted octanol–water partition coefficient (Wildman–Crippen LogP) is 1.23. The van der Waals surface area contributed by atoms with E-state index >= 15 is 0 Å². The van der Waals surface area contributed by atoms with Crippen molar-refractivity contribution in [3.8, 4) is 0 Å². The van der Waals surface area contributed by atoms with E-state index in [0.717, 1.165) is 12.0 Å². The molecule has 6 heteroatoms. The van der Waals surface area contributed by atoms with Gasteiger partial charge in [-0.1, -0.05) is 20.8 Å². The Kier molecular flexibility index (Phi) is 4.07. The minimum absolute atomic E-state index is 0.0799. The standard InChI is InChI=1S/C15H23N3O3/c1-15(2,3)12(14(20)21-5)17-13(19)11-6-10(11)9-7-16-18(4)8-9/h7-8,10-12H,6H2,1-5H3,(H,17,19). The molecule has 1 aliphatic rings. The van der Waals surface area contributed by atoms with Crippen LogP contribution in [-0.4, -0.2) is 34.8 Å². The van der Waals surface area contributed by atoms with Gasteiger partial charge in [-0.15, -0.1) is 0 Å². The lowest BCUT2D eigenvalue weighted by atomic mass is 9.86. The molecule has 1 amide bonds. The average molecular weight is 293 g/mol. The predicted molar refractivity (Wildman–Crippen MR) is 77.5 cm³/mol. The van der Waals surface area contributed by atoms with Crippen molar-refractivity contribution < 1.29 is 14.3 Å². The highest BCUT2D eigenvalue weighted by Gasteiger charge is 2.46. The van der Waals surface area contributed by atoms with Crippen molar-refractivity contribution in [3.63, 3.8) is 0 Å². The fourth-order valence-corrected chi connectivity index (χ4v) is 2.48. The molecule has 0 aliphatic heterocycles. The molecular weight excluding hydrogens is 270 g/mol. The maximum absolute atomic E-state index is 12.3. The van der Waals surface area contributed by atoms with Crippen molar-refractivity contribution in [2.24, 2.45) is 18.4 Å². The lowest BCUT2D eigenvalue weighted by Crippen LogP contribution is -2.50. The lowest BCUT2D eigenvalue weighted by molar-refractivity contribution is -0.148. The zero-order chi connectivity index (χ0) is 15.8. The third-order valence-electron chi connectivity index (χ3n) is 3.87. The highest BCUT2D eigenvalue weighted by atomic mass is 16.5. The summed E-state index contributed by atoms with van der Waals surface area (Å²) in [5.74, 6) is -0.371. The van der Waals surface area contributed by atoms with Crippen LogP contribution in [0.3, 0.4) is 0 Å². The average Bonchev–Trinajstić information content (AvgIpc) is 3.09. The van der Waals surface area contributed by atoms with Crippen LogP contribution < -0.4 is 5.32 Å². The molecule has 21 heavy (non-hydrogen) atoms. The quantitative estimate of drug-likeness (QED) is 0.847. The summed E-state index contributed by atoms with van der Waals surface area (Å²) >= 11 is 0. The van der Waals surface area contributed by atoms with Crippen LogP contribution in [0.2, 0.25) is 0 Å². The first kappa shape index (κ1) is 15.5. The van der Waals surface area contributed by atoms with Crippen LogP contribution in [0, 0.1) is 11.3 Å². The molecule has 1 aromatic rings. The van der Waals surface area contributed by atoms with Gasteiger partial charge in [0.2, 0.25) is 5.91 Å². The van der Waals surface area contributed by atoms with Crippen LogP contribution in [0.1, 0.15) is 38.7 Å². The van der Waals surface area contributed by atoms with E-state index in [1.54, 1.807) is 10.9 Å². The van der Waals surface area contributed by atoms with Crippen LogP contribution in [-0.2, 0) is 21.4 Å². The van der Waals surface area contributed by atoms with Crippen molar-refractivity contribution in [2.45, 2.75) is 39.2 Å². The molecule has 0 saturated heterocycles. The Balaban J connectivity index is 2.00. The Morgan fingerprint density at radius 2 is 2.14 bits per heavy atom. The van der Waals surface area contributed by atoms with E-state index in [-0.39, 0.29) is 23.2 Å². The number of amides is 1. The van der Waals surface area contributed by atoms with Gasteiger partial charge in [-0.25, -0.2) is 4.79 Å². The van der Waals surface area contributed by atoms with Crippen LogP contribution in [0.15, 0.2) is 12.4 Å². The van der Waals surface area contributed by atoms with Gasteiger partial charge in [0, 0.05) is 19.2 Å². The summed E-state index contributed by atoms with van der Waals surface area (Å²) in [4.78, 5) is 24.2. The molecule has 116 valence electrons. The highest BCUT2D eigenvalue weighted by molar-refractivity contribution is 5.88. The van der Waals surface area contributed by atoms with Crippen LogP contribution in [0.5, 0.6) is 0 Å². The zero-order valence-corrected chi connectivity index (χ0v) is 13.2. The number of aromatic nitrogens is 2. The molecule has 1 saturated carbocycles. The number of nitrogens with zero attached hydrogens (tertiary/aromatic N) is 2. The van der Waals surface area contributed by atoms with E-state index in [1.165, 1.54) is 7.11 Å². The fraction of sp³-hybridized carbons (Fsp3) is 0.667. The third kappa shape index (κ3) is 3.43. The number of carbonyl (C=O) groups is 2. The number of hydrogen-bond acceptors (Lipinski definition) is 4. The number of methoxy groups -OCH3 is 1. The maximum Gasteiger partial charge on any atom is 0.328 e. The van der Waals surface area contributed by atoms with E-state index < -0.39 is 12.0 Å². The van der Waals surface area contributed by atoms with Gasteiger partial charge in [0.05, 0.1) is 13.3 Å². The molecule has 3 unspecified atom stereocenters. The first-order chi connectivity index (χ1) is 9.74. The molecule has 1 N–H and O–H groups in total. The van der Waals surface area contributed by atoms with E-state index in [2.05, 4.69) is 10.4 Å². The normalized spacial score (nSPS) is 22.5. The molecular formula is C15H23N3O3. The number of hydrogen-bond donors (Lipinski definition) is 1. The number of nitrogens with one attached hydrogen (secondary N) is 1. The zero-order valence-electron chi connectivity index (χ0n) is 13.2. The van der Waals surface area contributed by atoms with Gasteiger partial charge in [0.15, 0.2) is 0 Å². The highest BCUT2D eigenvalue weighted by Crippen LogP contribution is 2.47. The van der Waals surface area contributed by atoms with Crippen molar-refractivity contribution >= 4 is 11.9 Å². The van der Waals surface area contributed by atoms with E-state index in [9.17, 15) is 9.59 Å². The van der Waals surface area contributed by atoms with E-state index in [4.69, 9.17) is 4.74 Å². The van der Waals surface area contributed by atoms with Gasteiger partial charge in [-0.3, -0.25) is 9.48 Å². The summed E-state index contributed by atoms with van der Waals surface area (Å²) < 4.78 is 6.52. The van der Waals surface area contributed by atoms with Crippen molar-refractivity contribution in [3.05, 3.63) is 18.0 Å². The second kappa shape index (κ2) is 5.50. The van der Waals surface area contributed by atoms with Gasteiger partial charge >= 0.3 is 5.97 Å². The van der Waals surface area contributed by atoms with E-state index in [0.29, 0.717) is 0 Å². The number of aryl methyl sites for hydroxylation is 1. The summed E-state index contributed by atoms with van der Waals surface area (Å²) in [6.45, 7) is 5.71. The smallest absolute Gasteiger partial charge is 0.328 e. The van der Waals surface area contributed by atoms with Crippen molar-refractivity contribution in [2.75, 3.05) is 7.11 Å².